The molecule has 2 aliphatic heterocycles. The van der Waals surface area contributed by atoms with Gasteiger partial charge in [-0.3, -0.25) is 4.79 Å². The van der Waals surface area contributed by atoms with E-state index in [2.05, 4.69) is 4.98 Å². The monoisotopic (exact) mass is 442 g/mol. The van der Waals surface area contributed by atoms with Gasteiger partial charge in [-0.25, -0.2) is 9.78 Å². The van der Waals surface area contributed by atoms with Crippen LogP contribution in [-0.4, -0.2) is 64.4 Å². The maximum atomic E-state index is 12.4. The zero-order chi connectivity index (χ0) is 22.5. The lowest BCUT2D eigenvalue weighted by Crippen LogP contribution is -2.46. The van der Waals surface area contributed by atoms with Crippen LogP contribution in [0.1, 0.15) is 29.6 Å². The van der Waals surface area contributed by atoms with Crippen LogP contribution in [0.3, 0.4) is 0 Å². The van der Waals surface area contributed by atoms with E-state index in [0.717, 1.165) is 19.3 Å². The first kappa shape index (κ1) is 22.6. The molecule has 1 amide bonds. The fraction of sp³-hybridized carbons (Fsp3) is 0.450. The largest absolute Gasteiger partial charge is 0.490 e. The molecule has 1 N–H and O–H groups in total. The predicted molar refractivity (Wildman–Crippen MR) is 99.5 cm³/mol. The number of piperidine rings is 1. The molecule has 31 heavy (non-hydrogen) atoms. The third kappa shape index (κ3) is 5.97. The number of hydrogen-bond donors (Lipinski definition) is 1. The minimum Gasteiger partial charge on any atom is -0.475 e. The van der Waals surface area contributed by atoms with Gasteiger partial charge in [-0.15, -0.1) is 0 Å². The van der Waals surface area contributed by atoms with Crippen molar-refractivity contribution in [3.8, 4) is 5.88 Å². The summed E-state index contributed by atoms with van der Waals surface area (Å²) in [7, 11) is 0. The third-order valence-electron chi connectivity index (χ3n) is 5.07. The molecule has 2 saturated heterocycles. The first-order valence-electron chi connectivity index (χ1n) is 9.52. The van der Waals surface area contributed by atoms with E-state index in [1.807, 2.05) is 23.1 Å². The van der Waals surface area contributed by atoms with E-state index < -0.39 is 12.1 Å². The maximum Gasteiger partial charge on any atom is 0.490 e. The van der Waals surface area contributed by atoms with Gasteiger partial charge in [0.2, 0.25) is 5.88 Å². The van der Waals surface area contributed by atoms with Gasteiger partial charge in [0, 0.05) is 31.8 Å². The topological polar surface area (TPSA) is 102 Å². The number of ether oxygens (including phenoxy) is 2. The van der Waals surface area contributed by atoms with Crippen molar-refractivity contribution in [2.75, 3.05) is 19.7 Å². The summed E-state index contributed by atoms with van der Waals surface area (Å²) < 4.78 is 48.7. The van der Waals surface area contributed by atoms with E-state index in [4.69, 9.17) is 23.8 Å². The average Bonchev–Trinajstić information content (AvgIpc) is 3.40. The summed E-state index contributed by atoms with van der Waals surface area (Å²) in [6.07, 6.45) is 2.19. The second kappa shape index (κ2) is 9.38. The van der Waals surface area contributed by atoms with Crippen LogP contribution in [0, 0.1) is 0 Å². The molecule has 11 heteroatoms. The van der Waals surface area contributed by atoms with E-state index in [0.29, 0.717) is 31.1 Å². The number of alkyl halides is 3. The lowest BCUT2D eigenvalue weighted by atomic mass is 9.88. The number of halogens is 3. The molecule has 2 aromatic heterocycles. The van der Waals surface area contributed by atoms with E-state index in [1.165, 1.54) is 12.5 Å². The molecule has 0 bridgehead atoms. The van der Waals surface area contributed by atoms with Crippen LogP contribution >= 0.6 is 0 Å². The molecule has 4 heterocycles. The Morgan fingerprint density at radius 2 is 1.94 bits per heavy atom. The lowest BCUT2D eigenvalue weighted by molar-refractivity contribution is -0.192. The van der Waals surface area contributed by atoms with Crippen LogP contribution < -0.4 is 4.74 Å². The average molecular weight is 442 g/mol. The van der Waals surface area contributed by atoms with Crippen molar-refractivity contribution in [1.82, 2.24) is 9.88 Å². The first-order chi connectivity index (χ1) is 14.7. The van der Waals surface area contributed by atoms with Crippen molar-refractivity contribution in [3.05, 3.63) is 48.6 Å². The van der Waals surface area contributed by atoms with Crippen LogP contribution in [0.4, 0.5) is 13.2 Å². The van der Waals surface area contributed by atoms with Crippen molar-refractivity contribution in [3.63, 3.8) is 0 Å². The molecule has 1 atom stereocenters. The number of carboxylic acid groups (broad SMARTS) is 1. The third-order valence-corrected chi connectivity index (χ3v) is 5.07. The summed E-state index contributed by atoms with van der Waals surface area (Å²) in [5, 5.41) is 7.12. The molecule has 0 aromatic carbocycles. The molecule has 1 spiro atoms. The van der Waals surface area contributed by atoms with E-state index in [-0.39, 0.29) is 17.6 Å². The number of amides is 1. The first-order valence-corrected chi connectivity index (χ1v) is 9.52. The lowest BCUT2D eigenvalue weighted by Gasteiger charge is -2.38. The Labute approximate surface area is 175 Å². The van der Waals surface area contributed by atoms with E-state index in [9.17, 15) is 18.0 Å². The number of nitrogens with zero attached hydrogens (tertiary/aromatic N) is 2. The van der Waals surface area contributed by atoms with Gasteiger partial charge in [0.1, 0.15) is 12.4 Å². The summed E-state index contributed by atoms with van der Waals surface area (Å²) in [4.78, 5) is 27.3. The molecule has 168 valence electrons. The zero-order valence-corrected chi connectivity index (χ0v) is 16.4. The quantitative estimate of drug-likeness (QED) is 0.779. The highest BCUT2D eigenvalue weighted by Gasteiger charge is 2.44. The summed E-state index contributed by atoms with van der Waals surface area (Å²) in [5.41, 5.74) is 0.432. The van der Waals surface area contributed by atoms with Gasteiger partial charge in [0.05, 0.1) is 24.0 Å². The smallest absolute Gasteiger partial charge is 0.475 e. The van der Waals surface area contributed by atoms with Crippen LogP contribution in [0.25, 0.3) is 0 Å². The Hall–Kier alpha value is -3.08. The van der Waals surface area contributed by atoms with Gasteiger partial charge in [0.15, 0.2) is 0 Å². The summed E-state index contributed by atoms with van der Waals surface area (Å²) in [5.74, 6) is -2.10. The van der Waals surface area contributed by atoms with E-state index >= 15 is 0 Å². The molecule has 0 saturated carbocycles. The predicted octanol–water partition coefficient (Wildman–Crippen LogP) is 3.15. The number of aliphatic carboxylic acids is 1. The maximum absolute atomic E-state index is 12.4. The Kier molecular flexibility index (Phi) is 6.84. The summed E-state index contributed by atoms with van der Waals surface area (Å²) in [6, 6.07) is 7.34. The van der Waals surface area contributed by atoms with Crippen LogP contribution in [0.5, 0.6) is 5.88 Å². The van der Waals surface area contributed by atoms with Crippen molar-refractivity contribution >= 4 is 11.9 Å². The highest BCUT2D eigenvalue weighted by atomic mass is 19.4. The molecule has 2 aromatic rings. The molecule has 1 unspecified atom stereocenters. The number of hydrogen-bond acceptors (Lipinski definition) is 6. The fourth-order valence-electron chi connectivity index (χ4n) is 3.50. The molecular weight excluding hydrogens is 421 g/mol. The van der Waals surface area contributed by atoms with Crippen molar-refractivity contribution < 1.29 is 41.8 Å². The normalized spacial score (nSPS) is 20.1. The molecule has 0 radical (unpaired) electrons. The second-order valence-electron chi connectivity index (χ2n) is 7.21. The van der Waals surface area contributed by atoms with E-state index in [1.54, 1.807) is 12.3 Å². The number of pyridine rings is 1. The van der Waals surface area contributed by atoms with Gasteiger partial charge in [-0.05, 0) is 25.0 Å². The molecule has 2 aliphatic rings. The number of rotatable bonds is 3. The molecular formula is C20H21F3N2O6. The molecule has 0 aliphatic carbocycles. The highest BCUT2D eigenvalue weighted by molar-refractivity contribution is 5.93. The minimum atomic E-state index is -5.08. The fourth-order valence-corrected chi connectivity index (χ4v) is 3.50. The Morgan fingerprint density at radius 1 is 1.23 bits per heavy atom. The van der Waals surface area contributed by atoms with Crippen LogP contribution in [0.2, 0.25) is 0 Å². The number of carbonyl (C=O) groups is 2. The highest BCUT2D eigenvalue weighted by Crippen LogP contribution is 2.37. The van der Waals surface area contributed by atoms with Gasteiger partial charge < -0.3 is 23.9 Å². The van der Waals surface area contributed by atoms with Crippen molar-refractivity contribution in [2.45, 2.75) is 37.1 Å². The molecule has 4 rings (SSSR count). The number of aromatic nitrogens is 1. The SMILES string of the molecule is O=C(O)C(F)(F)F.O=C(c1ccoc1)N1CCC2(CC1)CC(Oc1ccccn1)CO2. The van der Waals surface area contributed by atoms with Crippen LogP contribution in [-0.2, 0) is 9.53 Å². The summed E-state index contributed by atoms with van der Waals surface area (Å²) >= 11 is 0. The molecule has 8 nitrogen and oxygen atoms in total. The number of likely N-dealkylation sites (tertiary alicyclic amines) is 1. The van der Waals surface area contributed by atoms with Gasteiger partial charge >= 0.3 is 12.1 Å². The minimum absolute atomic E-state index is 0.0241. The number of carboxylic acids is 1. The van der Waals surface area contributed by atoms with Crippen molar-refractivity contribution in [2.24, 2.45) is 0 Å². The van der Waals surface area contributed by atoms with Gasteiger partial charge in [-0.2, -0.15) is 13.2 Å². The standard InChI is InChI=1S/C18H20N2O4.C2HF3O2/c21-17(14-4-10-22-12-14)20-8-5-18(6-9-20)11-15(13-23-18)24-16-3-1-2-7-19-16;3-2(4,5)1(6)7/h1-4,7,10,12,15H,5-6,8-9,11,13H2;(H,6,7). The van der Waals surface area contributed by atoms with Crippen molar-refractivity contribution in [1.29, 1.82) is 0 Å². The second-order valence-corrected chi connectivity index (χ2v) is 7.21. The Morgan fingerprint density at radius 3 is 2.48 bits per heavy atom. The van der Waals surface area contributed by atoms with Crippen LogP contribution in [0.15, 0.2) is 47.4 Å². The number of furan rings is 1. The van der Waals surface area contributed by atoms with Gasteiger partial charge in [0.25, 0.3) is 5.91 Å². The van der Waals surface area contributed by atoms with Gasteiger partial charge in [-0.1, -0.05) is 6.07 Å². The Balaban J connectivity index is 0.000000339. The summed E-state index contributed by atoms with van der Waals surface area (Å²) in [6.45, 7) is 1.97. The zero-order valence-electron chi connectivity index (χ0n) is 16.4. The molecule has 2 fully saturated rings. The Bertz CT molecular complexity index is 865. The number of carbonyl (C=O) groups excluding carboxylic acids is 1.